The third-order valence-electron chi connectivity index (χ3n) is 5.85. The minimum Gasteiger partial charge on any atom is -0.337 e. The molecule has 0 spiro atoms. The van der Waals surface area contributed by atoms with Crippen LogP contribution in [0.15, 0.2) is 42.9 Å². The van der Waals surface area contributed by atoms with E-state index in [4.69, 9.17) is 5.26 Å². The first-order chi connectivity index (χ1) is 16.2. The van der Waals surface area contributed by atoms with Gasteiger partial charge in [0, 0.05) is 36.4 Å². The van der Waals surface area contributed by atoms with Crippen molar-refractivity contribution in [3.8, 4) is 17.3 Å². The van der Waals surface area contributed by atoms with Crippen molar-refractivity contribution in [3.05, 3.63) is 54.0 Å². The number of carbonyl (C=O) groups is 1. The Bertz CT molecular complexity index is 1210. The molecule has 1 saturated carbocycles. The molecule has 1 atom stereocenters. The summed E-state index contributed by atoms with van der Waals surface area (Å²) in [6.07, 6.45) is 5.65. The van der Waals surface area contributed by atoms with E-state index in [1.807, 2.05) is 13.0 Å². The van der Waals surface area contributed by atoms with E-state index in [-0.39, 0.29) is 24.8 Å². The van der Waals surface area contributed by atoms with E-state index in [1.165, 1.54) is 0 Å². The van der Waals surface area contributed by atoms with Crippen LogP contribution in [-0.2, 0) is 0 Å². The van der Waals surface area contributed by atoms with Gasteiger partial charge in [-0.1, -0.05) is 12.1 Å². The summed E-state index contributed by atoms with van der Waals surface area (Å²) in [6, 6.07) is 8.30. The summed E-state index contributed by atoms with van der Waals surface area (Å²) in [4.78, 5) is 21.1. The molecule has 0 radical (unpaired) electrons. The van der Waals surface area contributed by atoms with Crippen LogP contribution >= 0.6 is 0 Å². The highest BCUT2D eigenvalue weighted by molar-refractivity contribution is 5.95. The van der Waals surface area contributed by atoms with Gasteiger partial charge in [0.05, 0.1) is 29.7 Å². The molecule has 1 aromatic carbocycles. The molecule has 2 heterocycles. The van der Waals surface area contributed by atoms with Crippen molar-refractivity contribution >= 4 is 17.5 Å². The normalized spacial score (nSPS) is 16.4. The Hall–Kier alpha value is -3.87. The van der Waals surface area contributed by atoms with E-state index in [0.29, 0.717) is 35.7 Å². The van der Waals surface area contributed by atoms with Crippen molar-refractivity contribution in [1.29, 1.82) is 5.26 Å². The molecule has 34 heavy (non-hydrogen) atoms. The Morgan fingerprint density at radius 1 is 1.24 bits per heavy atom. The molecule has 2 N–H and O–H groups in total. The van der Waals surface area contributed by atoms with Crippen molar-refractivity contribution in [2.24, 2.45) is 0 Å². The number of benzene rings is 1. The average molecular weight is 466 g/mol. The molecule has 1 aliphatic rings. The highest BCUT2D eigenvalue weighted by Crippen LogP contribution is 2.38. The molecule has 0 bridgehead atoms. The number of rotatable bonds is 6. The van der Waals surface area contributed by atoms with Gasteiger partial charge in [-0.05, 0) is 44.4 Å². The molecule has 8 nitrogen and oxygen atoms in total. The van der Waals surface area contributed by atoms with Gasteiger partial charge in [0.2, 0.25) is 11.9 Å². The van der Waals surface area contributed by atoms with E-state index in [0.717, 1.165) is 11.1 Å². The first-order valence-corrected chi connectivity index (χ1v) is 11.1. The number of anilines is 2. The molecule has 3 aromatic rings. The van der Waals surface area contributed by atoms with Crippen LogP contribution in [0.5, 0.6) is 0 Å². The van der Waals surface area contributed by atoms with Crippen molar-refractivity contribution < 1.29 is 13.6 Å². The van der Waals surface area contributed by atoms with Crippen LogP contribution in [0.2, 0.25) is 0 Å². The van der Waals surface area contributed by atoms with E-state index in [9.17, 15) is 13.6 Å². The number of hydrogen-bond donors (Lipinski definition) is 2. The number of amides is 1. The van der Waals surface area contributed by atoms with E-state index in [2.05, 4.69) is 25.7 Å². The van der Waals surface area contributed by atoms with Gasteiger partial charge in [0.25, 0.3) is 5.91 Å². The summed E-state index contributed by atoms with van der Waals surface area (Å²) < 4.78 is 28.6. The number of aromatic nitrogens is 4. The van der Waals surface area contributed by atoms with Gasteiger partial charge in [-0.3, -0.25) is 9.48 Å². The fraction of sp³-hybridized carbons (Fsp3) is 0.375. The van der Waals surface area contributed by atoms with Crippen LogP contribution in [0, 0.1) is 18.3 Å². The lowest BCUT2D eigenvalue weighted by atomic mass is 9.92. The third kappa shape index (κ3) is 5.36. The van der Waals surface area contributed by atoms with Gasteiger partial charge < -0.3 is 10.6 Å². The molecular weight excluding hydrogens is 440 g/mol. The number of alkyl halides is 2. The van der Waals surface area contributed by atoms with Crippen molar-refractivity contribution in [1.82, 2.24) is 25.1 Å². The third-order valence-corrected chi connectivity index (χ3v) is 5.85. The molecule has 1 aliphatic carbocycles. The molecule has 10 heteroatoms. The quantitative estimate of drug-likeness (QED) is 0.542. The van der Waals surface area contributed by atoms with Crippen LogP contribution in [0.1, 0.15) is 54.6 Å². The predicted octanol–water partition coefficient (Wildman–Crippen LogP) is 4.78. The lowest BCUT2D eigenvalue weighted by Gasteiger charge is -2.28. The largest absolute Gasteiger partial charge is 0.337 e. The number of nitrogens with one attached hydrogen (secondary N) is 2. The molecule has 0 aliphatic heterocycles. The summed E-state index contributed by atoms with van der Waals surface area (Å²) in [5.74, 6) is -2.52. The second-order valence-corrected chi connectivity index (χ2v) is 8.55. The second kappa shape index (κ2) is 9.55. The van der Waals surface area contributed by atoms with Crippen LogP contribution in [0.3, 0.4) is 0 Å². The Balaban J connectivity index is 1.46. The lowest BCUT2D eigenvalue weighted by molar-refractivity contribution is -0.0449. The zero-order valence-corrected chi connectivity index (χ0v) is 18.9. The Morgan fingerprint density at radius 2 is 1.94 bits per heavy atom. The van der Waals surface area contributed by atoms with Crippen molar-refractivity contribution in [2.75, 3.05) is 5.32 Å². The molecule has 1 unspecified atom stereocenters. The molecule has 176 valence electrons. The van der Waals surface area contributed by atoms with E-state index in [1.54, 1.807) is 54.5 Å². The molecule has 1 amide bonds. The van der Waals surface area contributed by atoms with Crippen LogP contribution in [0.4, 0.5) is 20.4 Å². The smallest absolute Gasteiger partial charge is 0.252 e. The number of hydrogen-bond acceptors (Lipinski definition) is 6. The van der Waals surface area contributed by atoms with Crippen molar-refractivity contribution in [3.63, 3.8) is 0 Å². The zero-order chi connectivity index (χ0) is 24.3. The average Bonchev–Trinajstić information content (AvgIpc) is 3.28. The Morgan fingerprint density at radius 3 is 2.62 bits per heavy atom. The number of halogens is 2. The van der Waals surface area contributed by atoms with Gasteiger partial charge in [-0.15, -0.1) is 0 Å². The summed E-state index contributed by atoms with van der Waals surface area (Å²) in [5, 5.41) is 18.9. The molecule has 2 aromatic heterocycles. The molecule has 4 rings (SSSR count). The van der Waals surface area contributed by atoms with Gasteiger partial charge >= 0.3 is 0 Å². The maximum atomic E-state index is 13.4. The second-order valence-electron chi connectivity index (χ2n) is 8.55. The number of nitriles is 1. The highest BCUT2D eigenvalue weighted by atomic mass is 19.3. The van der Waals surface area contributed by atoms with Gasteiger partial charge in [-0.25, -0.2) is 18.7 Å². The maximum absolute atomic E-state index is 13.4. The maximum Gasteiger partial charge on any atom is 0.252 e. The van der Waals surface area contributed by atoms with Crippen LogP contribution in [0.25, 0.3) is 11.3 Å². The SMILES string of the molecule is Cc1cnc(Nc2cnn(C3CCC(F)(F)CC3)c2)nc1-c1ccc(C(=O)NC(C)C#N)cc1. The summed E-state index contributed by atoms with van der Waals surface area (Å²) in [7, 11) is 0. The molecule has 1 fully saturated rings. The predicted molar refractivity (Wildman–Crippen MR) is 123 cm³/mol. The Labute approximate surface area is 196 Å². The van der Waals surface area contributed by atoms with Gasteiger partial charge in [0.15, 0.2) is 0 Å². The molecular formula is C24H25F2N7O. The minimum atomic E-state index is -2.58. The topological polar surface area (TPSA) is 109 Å². The zero-order valence-electron chi connectivity index (χ0n) is 18.9. The van der Waals surface area contributed by atoms with Crippen LogP contribution in [-0.4, -0.2) is 37.6 Å². The highest BCUT2D eigenvalue weighted by Gasteiger charge is 2.35. The van der Waals surface area contributed by atoms with E-state index < -0.39 is 12.0 Å². The summed E-state index contributed by atoms with van der Waals surface area (Å²) >= 11 is 0. The lowest BCUT2D eigenvalue weighted by Crippen LogP contribution is -2.31. The van der Waals surface area contributed by atoms with Gasteiger partial charge in [-0.2, -0.15) is 10.4 Å². The summed E-state index contributed by atoms with van der Waals surface area (Å²) in [5.41, 5.74) is 3.50. The minimum absolute atomic E-state index is 0.0449. The van der Waals surface area contributed by atoms with Crippen LogP contribution < -0.4 is 10.6 Å². The number of carbonyl (C=O) groups excluding carboxylic acids is 1. The number of aryl methyl sites for hydroxylation is 1. The Kier molecular flexibility index (Phi) is 6.54. The summed E-state index contributed by atoms with van der Waals surface area (Å²) in [6.45, 7) is 3.51. The van der Waals surface area contributed by atoms with Crippen molar-refractivity contribution in [2.45, 2.75) is 57.5 Å². The standard InChI is InChI=1S/C24H25F2N7O/c1-15-12-28-23(31-19-13-29-33(14-19)20-7-9-24(25,26)10-8-20)32-21(15)17-3-5-18(6-4-17)22(34)30-16(2)11-27/h3-6,12-14,16,20H,7-10H2,1-2H3,(H,30,34)(H,28,31,32). The fourth-order valence-electron chi connectivity index (χ4n) is 3.91. The van der Waals surface area contributed by atoms with Gasteiger partial charge in [0.1, 0.15) is 6.04 Å². The first-order valence-electron chi connectivity index (χ1n) is 11.1. The monoisotopic (exact) mass is 465 g/mol. The first kappa shape index (κ1) is 23.3. The number of nitrogens with zero attached hydrogens (tertiary/aromatic N) is 5. The fourth-order valence-corrected chi connectivity index (χ4v) is 3.91. The molecule has 0 saturated heterocycles. The van der Waals surface area contributed by atoms with E-state index >= 15 is 0 Å².